The van der Waals surface area contributed by atoms with E-state index in [2.05, 4.69) is 23.2 Å². The van der Waals surface area contributed by atoms with E-state index in [0.29, 0.717) is 18.8 Å². The molecule has 0 bridgehead atoms. The van der Waals surface area contributed by atoms with Gasteiger partial charge in [-0.1, -0.05) is 23.5 Å². The lowest BCUT2D eigenvalue weighted by Crippen LogP contribution is -2.46. The fourth-order valence-electron chi connectivity index (χ4n) is 4.24. The summed E-state index contributed by atoms with van der Waals surface area (Å²) < 4.78 is 27.5. The van der Waals surface area contributed by atoms with Crippen molar-refractivity contribution in [3.63, 3.8) is 0 Å². The first kappa shape index (κ1) is 17.6. The van der Waals surface area contributed by atoms with Gasteiger partial charge in [-0.25, -0.2) is 4.98 Å². The molecular formula is C19H23F2N3OS. The molecular weight excluding hydrogens is 356 g/mol. The van der Waals surface area contributed by atoms with E-state index >= 15 is 0 Å². The Labute approximate surface area is 155 Å². The summed E-state index contributed by atoms with van der Waals surface area (Å²) in [4.78, 5) is 18.7. The number of fused-ring (bicyclic) bond motifs is 2. The molecule has 1 aromatic carbocycles. The Bertz CT molecular complexity index is 832. The van der Waals surface area contributed by atoms with Crippen LogP contribution >= 0.6 is 11.3 Å². The van der Waals surface area contributed by atoms with Crippen molar-refractivity contribution in [1.29, 1.82) is 0 Å². The summed E-state index contributed by atoms with van der Waals surface area (Å²) in [6.45, 7) is 4.61. The van der Waals surface area contributed by atoms with Gasteiger partial charge in [0.2, 0.25) is 0 Å². The molecule has 1 amide bonds. The highest BCUT2D eigenvalue weighted by Gasteiger charge is 2.41. The average Bonchev–Trinajstić information content (AvgIpc) is 3.17. The quantitative estimate of drug-likeness (QED) is 0.877. The monoisotopic (exact) mass is 379 g/mol. The lowest BCUT2D eigenvalue weighted by molar-refractivity contribution is -0.144. The smallest absolute Gasteiger partial charge is 0.321 e. The van der Waals surface area contributed by atoms with E-state index < -0.39 is 11.8 Å². The first-order valence-electron chi connectivity index (χ1n) is 9.11. The number of carbonyl (C=O) groups is 1. The van der Waals surface area contributed by atoms with Crippen molar-refractivity contribution in [3.05, 3.63) is 23.8 Å². The van der Waals surface area contributed by atoms with Gasteiger partial charge >= 0.3 is 5.92 Å². The van der Waals surface area contributed by atoms with E-state index in [1.54, 1.807) is 11.3 Å². The third kappa shape index (κ3) is 3.29. The number of alkyl halides is 2. The summed E-state index contributed by atoms with van der Waals surface area (Å²) >= 11 is 1.73. The van der Waals surface area contributed by atoms with Crippen molar-refractivity contribution in [1.82, 2.24) is 10.3 Å². The molecule has 4 nitrogen and oxygen atoms in total. The number of hydrogen-bond acceptors (Lipinski definition) is 4. The topological polar surface area (TPSA) is 45.2 Å². The second-order valence-corrected chi connectivity index (χ2v) is 8.69. The minimum Gasteiger partial charge on any atom is -0.348 e. The summed E-state index contributed by atoms with van der Waals surface area (Å²) in [6, 6.07) is 6.03. The number of nitrogens with zero attached hydrogens (tertiary/aromatic N) is 2. The van der Waals surface area contributed by atoms with E-state index in [0.717, 1.165) is 43.0 Å². The minimum atomic E-state index is -3.31. The predicted molar refractivity (Wildman–Crippen MR) is 100.0 cm³/mol. The molecule has 1 saturated carbocycles. The van der Waals surface area contributed by atoms with Crippen molar-refractivity contribution >= 4 is 32.6 Å². The van der Waals surface area contributed by atoms with Crippen LogP contribution in [0.25, 0.3) is 10.2 Å². The Morgan fingerprint density at radius 1 is 1.31 bits per heavy atom. The minimum absolute atomic E-state index is 0.146. The van der Waals surface area contributed by atoms with Crippen LogP contribution in [-0.2, 0) is 4.79 Å². The van der Waals surface area contributed by atoms with E-state index in [9.17, 15) is 13.6 Å². The Morgan fingerprint density at radius 3 is 2.81 bits per heavy atom. The van der Waals surface area contributed by atoms with Gasteiger partial charge in [-0.3, -0.25) is 4.79 Å². The number of halogens is 2. The highest BCUT2D eigenvalue weighted by atomic mass is 32.1. The molecule has 26 heavy (non-hydrogen) atoms. The van der Waals surface area contributed by atoms with Crippen LogP contribution in [0.1, 0.15) is 31.7 Å². The van der Waals surface area contributed by atoms with Crippen LogP contribution in [0.4, 0.5) is 13.9 Å². The Kier molecular flexibility index (Phi) is 4.37. The van der Waals surface area contributed by atoms with Crippen LogP contribution in [0.2, 0.25) is 0 Å². The number of amides is 1. The fraction of sp³-hybridized carbons (Fsp3) is 0.579. The van der Waals surface area contributed by atoms with Crippen molar-refractivity contribution < 1.29 is 13.6 Å². The summed E-state index contributed by atoms with van der Waals surface area (Å²) in [5, 5.41) is 3.58. The molecule has 2 fully saturated rings. The summed E-state index contributed by atoms with van der Waals surface area (Å²) in [5.74, 6) is -3.49. The maximum Gasteiger partial charge on any atom is 0.321 e. The highest BCUT2D eigenvalue weighted by Crippen LogP contribution is 2.40. The zero-order valence-corrected chi connectivity index (χ0v) is 15.8. The SMILES string of the molecule is Cc1cccc2nc(N3CC4CCC(NC(=O)C(C)(F)F)CC4C3)sc12. The van der Waals surface area contributed by atoms with Crippen LogP contribution in [0, 0.1) is 18.8 Å². The van der Waals surface area contributed by atoms with Crippen LogP contribution in [0.5, 0.6) is 0 Å². The zero-order chi connectivity index (χ0) is 18.5. The Balaban J connectivity index is 1.44. The van der Waals surface area contributed by atoms with Crippen molar-refractivity contribution in [3.8, 4) is 0 Å². The van der Waals surface area contributed by atoms with Gasteiger partial charge in [0.25, 0.3) is 5.91 Å². The number of aryl methyl sites for hydroxylation is 1. The molecule has 0 radical (unpaired) electrons. The largest absolute Gasteiger partial charge is 0.348 e. The third-order valence-electron chi connectivity index (χ3n) is 5.65. The van der Waals surface area contributed by atoms with Gasteiger partial charge in [-0.15, -0.1) is 0 Å². The average molecular weight is 379 g/mol. The molecule has 140 valence electrons. The molecule has 7 heteroatoms. The first-order valence-corrected chi connectivity index (χ1v) is 9.93. The highest BCUT2D eigenvalue weighted by molar-refractivity contribution is 7.22. The standard InChI is InChI=1S/C19H23F2N3OS/c1-11-4-3-5-15-16(11)26-18(23-15)24-9-12-6-7-14(8-13(12)10-24)22-17(25)19(2,20)21/h3-5,12-14H,6-10H2,1-2H3,(H,22,25). The van der Waals surface area contributed by atoms with E-state index in [1.807, 2.05) is 12.1 Å². The molecule has 1 aromatic heterocycles. The second-order valence-electron chi connectivity index (χ2n) is 7.72. The van der Waals surface area contributed by atoms with E-state index in [4.69, 9.17) is 4.98 Å². The number of rotatable bonds is 3. The maximum absolute atomic E-state index is 13.1. The Morgan fingerprint density at radius 2 is 2.08 bits per heavy atom. The number of nitrogens with one attached hydrogen (secondary N) is 1. The molecule has 1 aliphatic heterocycles. The second kappa shape index (κ2) is 6.44. The third-order valence-corrected chi connectivity index (χ3v) is 6.92. The van der Waals surface area contributed by atoms with E-state index in [-0.39, 0.29) is 6.04 Å². The molecule has 4 rings (SSSR count). The van der Waals surface area contributed by atoms with Crippen LogP contribution < -0.4 is 10.2 Å². The molecule has 1 aliphatic carbocycles. The van der Waals surface area contributed by atoms with Gasteiger partial charge in [0.1, 0.15) is 0 Å². The van der Waals surface area contributed by atoms with Crippen LogP contribution in [0.15, 0.2) is 18.2 Å². The number of aromatic nitrogens is 1. The number of anilines is 1. The molecule has 3 unspecified atom stereocenters. The number of benzene rings is 1. The van der Waals surface area contributed by atoms with Crippen LogP contribution in [-0.4, -0.2) is 35.9 Å². The van der Waals surface area contributed by atoms with E-state index in [1.165, 1.54) is 10.3 Å². The summed E-state index contributed by atoms with van der Waals surface area (Å²) in [5.41, 5.74) is 2.28. The summed E-state index contributed by atoms with van der Waals surface area (Å²) in [6.07, 6.45) is 2.51. The van der Waals surface area contributed by atoms with Gasteiger partial charge < -0.3 is 10.2 Å². The zero-order valence-electron chi connectivity index (χ0n) is 15.0. The molecule has 2 heterocycles. The Hall–Kier alpha value is -1.76. The number of hydrogen-bond donors (Lipinski definition) is 1. The van der Waals surface area contributed by atoms with Crippen molar-refractivity contribution in [2.75, 3.05) is 18.0 Å². The number of thiazole rings is 1. The van der Waals surface area contributed by atoms with Crippen LogP contribution in [0.3, 0.4) is 0 Å². The lowest BCUT2D eigenvalue weighted by atomic mass is 9.79. The fourth-order valence-corrected chi connectivity index (χ4v) is 5.29. The van der Waals surface area contributed by atoms with Gasteiger partial charge in [0.15, 0.2) is 5.13 Å². The van der Waals surface area contributed by atoms with Crippen molar-refractivity contribution in [2.24, 2.45) is 11.8 Å². The molecule has 2 aromatic rings. The first-order chi connectivity index (χ1) is 12.3. The molecule has 1 N–H and O–H groups in total. The molecule has 2 aliphatic rings. The predicted octanol–water partition coefficient (Wildman–Crippen LogP) is 3.98. The van der Waals surface area contributed by atoms with Gasteiger partial charge in [0.05, 0.1) is 10.2 Å². The lowest BCUT2D eigenvalue weighted by Gasteiger charge is -2.31. The maximum atomic E-state index is 13.1. The molecule has 0 spiro atoms. The van der Waals surface area contributed by atoms with Gasteiger partial charge in [-0.2, -0.15) is 8.78 Å². The number of carbonyl (C=O) groups excluding carboxylic acids is 1. The summed E-state index contributed by atoms with van der Waals surface area (Å²) in [7, 11) is 0. The molecule has 1 saturated heterocycles. The van der Waals surface area contributed by atoms with Gasteiger partial charge in [-0.05, 0) is 49.7 Å². The normalized spacial score (nSPS) is 26.2. The van der Waals surface area contributed by atoms with Gasteiger partial charge in [0, 0.05) is 26.1 Å². The van der Waals surface area contributed by atoms with Crippen molar-refractivity contribution in [2.45, 2.75) is 45.1 Å². The molecule has 3 atom stereocenters.